The van der Waals surface area contributed by atoms with Gasteiger partial charge in [0.1, 0.15) is 5.82 Å². The number of hydrogen-bond donors (Lipinski definition) is 1. The Morgan fingerprint density at radius 3 is 2.50 bits per heavy atom. The maximum atomic E-state index is 13.7. The monoisotopic (exact) mass is 289 g/mol. The number of rotatable bonds is 5. The Balaban J connectivity index is 2.14. The van der Waals surface area contributed by atoms with E-state index in [2.05, 4.69) is 5.32 Å². The first-order valence-electron chi connectivity index (χ1n) is 6.28. The molecule has 0 aliphatic heterocycles. The molecule has 2 nitrogen and oxygen atoms in total. The molecule has 0 saturated heterocycles. The van der Waals surface area contributed by atoms with Crippen LogP contribution < -0.4 is 5.32 Å². The summed E-state index contributed by atoms with van der Waals surface area (Å²) in [7, 11) is 0. The third-order valence-corrected chi connectivity index (χ3v) is 3.75. The zero-order valence-corrected chi connectivity index (χ0v) is 12.3. The summed E-state index contributed by atoms with van der Waals surface area (Å²) < 4.78 is 13.7. The van der Waals surface area contributed by atoms with E-state index in [1.54, 1.807) is 23.9 Å². The standard InChI is InChI=1S/C16H16FNOS/c1-11(19)16-14(17)4-3-5-15(16)18-10-12-6-8-13(20-2)9-7-12/h3-9,18H,10H2,1-2H3. The molecule has 104 valence electrons. The van der Waals surface area contributed by atoms with Crippen LogP contribution in [-0.4, -0.2) is 12.0 Å². The van der Waals surface area contributed by atoms with Gasteiger partial charge in [-0.2, -0.15) is 0 Å². The Morgan fingerprint density at radius 2 is 1.90 bits per heavy atom. The first-order chi connectivity index (χ1) is 9.61. The number of carbonyl (C=O) groups is 1. The van der Waals surface area contributed by atoms with Crippen LogP contribution in [0.2, 0.25) is 0 Å². The minimum Gasteiger partial charge on any atom is -0.380 e. The summed E-state index contributed by atoms with van der Waals surface area (Å²) in [6.45, 7) is 1.93. The van der Waals surface area contributed by atoms with Gasteiger partial charge < -0.3 is 5.32 Å². The van der Waals surface area contributed by atoms with E-state index in [1.165, 1.54) is 17.9 Å². The number of carbonyl (C=O) groups excluding carboxylic acids is 1. The fraction of sp³-hybridized carbons (Fsp3) is 0.188. The molecule has 4 heteroatoms. The van der Waals surface area contributed by atoms with Crippen molar-refractivity contribution < 1.29 is 9.18 Å². The highest BCUT2D eigenvalue weighted by molar-refractivity contribution is 7.98. The van der Waals surface area contributed by atoms with Crippen LogP contribution in [0.4, 0.5) is 10.1 Å². The summed E-state index contributed by atoms with van der Waals surface area (Å²) in [5.74, 6) is -0.761. The Labute approximate surface area is 122 Å². The van der Waals surface area contributed by atoms with Crippen LogP contribution in [0.25, 0.3) is 0 Å². The lowest BCUT2D eigenvalue weighted by Crippen LogP contribution is -2.07. The van der Waals surface area contributed by atoms with Gasteiger partial charge in [0.15, 0.2) is 5.78 Å². The molecule has 2 aromatic rings. The second kappa shape index (κ2) is 6.57. The predicted molar refractivity (Wildman–Crippen MR) is 82.0 cm³/mol. The number of ketones is 1. The van der Waals surface area contributed by atoms with E-state index in [-0.39, 0.29) is 11.3 Å². The molecule has 0 spiro atoms. The normalized spacial score (nSPS) is 10.3. The van der Waals surface area contributed by atoms with Crippen molar-refractivity contribution in [2.45, 2.75) is 18.4 Å². The second-order valence-electron chi connectivity index (χ2n) is 4.42. The van der Waals surface area contributed by atoms with Crippen LogP contribution in [0.3, 0.4) is 0 Å². The Bertz CT molecular complexity index is 610. The van der Waals surface area contributed by atoms with Crippen LogP contribution >= 0.6 is 11.8 Å². The largest absolute Gasteiger partial charge is 0.380 e. The van der Waals surface area contributed by atoms with Gasteiger partial charge in [-0.05, 0) is 43.0 Å². The van der Waals surface area contributed by atoms with E-state index in [9.17, 15) is 9.18 Å². The molecule has 0 fully saturated rings. The molecule has 0 radical (unpaired) electrons. The summed E-state index contributed by atoms with van der Waals surface area (Å²) in [5, 5.41) is 3.12. The molecule has 0 amide bonds. The first-order valence-corrected chi connectivity index (χ1v) is 7.50. The Morgan fingerprint density at radius 1 is 1.20 bits per heavy atom. The third kappa shape index (κ3) is 3.39. The molecule has 0 saturated carbocycles. The number of hydrogen-bond acceptors (Lipinski definition) is 3. The summed E-state index contributed by atoms with van der Waals surface area (Å²) in [6, 6.07) is 12.7. The van der Waals surface area contributed by atoms with Gasteiger partial charge in [0.2, 0.25) is 0 Å². The second-order valence-corrected chi connectivity index (χ2v) is 5.30. The van der Waals surface area contributed by atoms with Crippen LogP contribution in [0.1, 0.15) is 22.8 Å². The summed E-state index contributed by atoms with van der Waals surface area (Å²) in [6.07, 6.45) is 2.03. The lowest BCUT2D eigenvalue weighted by molar-refractivity contribution is 0.101. The molecule has 2 rings (SSSR count). The molecule has 1 N–H and O–H groups in total. The number of thioether (sulfide) groups is 1. The Kier molecular flexibility index (Phi) is 4.79. The summed E-state index contributed by atoms with van der Waals surface area (Å²) >= 11 is 1.69. The van der Waals surface area contributed by atoms with E-state index >= 15 is 0 Å². The highest BCUT2D eigenvalue weighted by atomic mass is 32.2. The van der Waals surface area contributed by atoms with Gasteiger partial charge in [0, 0.05) is 17.1 Å². The highest BCUT2D eigenvalue weighted by Crippen LogP contribution is 2.21. The van der Waals surface area contributed by atoms with Gasteiger partial charge in [0.25, 0.3) is 0 Å². The SMILES string of the molecule is CSc1ccc(CNc2cccc(F)c2C(C)=O)cc1. The molecule has 2 aromatic carbocycles. The van der Waals surface area contributed by atoms with Gasteiger partial charge in [0.05, 0.1) is 5.56 Å². The third-order valence-electron chi connectivity index (χ3n) is 3.01. The number of anilines is 1. The molecule has 0 heterocycles. The fourth-order valence-corrected chi connectivity index (χ4v) is 2.38. The molecule has 0 unspecified atom stereocenters. The zero-order chi connectivity index (χ0) is 14.5. The highest BCUT2D eigenvalue weighted by Gasteiger charge is 2.12. The molecule has 0 aliphatic rings. The fourth-order valence-electron chi connectivity index (χ4n) is 1.97. The average Bonchev–Trinajstić information content (AvgIpc) is 2.45. The van der Waals surface area contributed by atoms with Gasteiger partial charge >= 0.3 is 0 Å². The summed E-state index contributed by atoms with van der Waals surface area (Å²) in [5.41, 5.74) is 1.74. The molecule has 20 heavy (non-hydrogen) atoms. The van der Waals surface area contributed by atoms with Crippen LogP contribution in [0.15, 0.2) is 47.4 Å². The zero-order valence-electron chi connectivity index (χ0n) is 11.4. The maximum absolute atomic E-state index is 13.7. The van der Waals surface area contributed by atoms with Crippen molar-refractivity contribution in [2.24, 2.45) is 0 Å². The number of Topliss-reactive ketones (excluding diaryl/α,β-unsaturated/α-hetero) is 1. The Hall–Kier alpha value is -1.81. The van der Waals surface area contributed by atoms with Crippen LogP contribution in [0, 0.1) is 5.82 Å². The van der Waals surface area contributed by atoms with Gasteiger partial charge in [-0.1, -0.05) is 18.2 Å². The minimum atomic E-state index is -0.486. The predicted octanol–water partition coefficient (Wildman–Crippen LogP) is 4.36. The smallest absolute Gasteiger partial charge is 0.164 e. The van der Waals surface area contributed by atoms with Gasteiger partial charge in [-0.25, -0.2) is 4.39 Å². The quantitative estimate of drug-likeness (QED) is 0.655. The van der Waals surface area contributed by atoms with Crippen LogP contribution in [0.5, 0.6) is 0 Å². The van der Waals surface area contributed by atoms with E-state index in [0.29, 0.717) is 12.2 Å². The molecule has 0 aromatic heterocycles. The van der Waals surface area contributed by atoms with E-state index < -0.39 is 5.82 Å². The molecular weight excluding hydrogens is 273 g/mol. The molecule has 0 aliphatic carbocycles. The van der Waals surface area contributed by atoms with Crippen molar-refractivity contribution in [3.8, 4) is 0 Å². The van der Waals surface area contributed by atoms with E-state index in [0.717, 1.165) is 5.56 Å². The number of halogens is 1. The van der Waals surface area contributed by atoms with Crippen molar-refractivity contribution in [1.29, 1.82) is 0 Å². The lowest BCUT2D eigenvalue weighted by atomic mass is 10.1. The maximum Gasteiger partial charge on any atom is 0.164 e. The van der Waals surface area contributed by atoms with Crippen LogP contribution in [-0.2, 0) is 6.54 Å². The molecule has 0 atom stereocenters. The van der Waals surface area contributed by atoms with Gasteiger partial charge in [-0.15, -0.1) is 11.8 Å². The number of nitrogens with one attached hydrogen (secondary N) is 1. The number of benzene rings is 2. The topological polar surface area (TPSA) is 29.1 Å². The van der Waals surface area contributed by atoms with Crippen molar-refractivity contribution in [1.82, 2.24) is 0 Å². The van der Waals surface area contributed by atoms with E-state index in [1.807, 2.05) is 30.5 Å². The van der Waals surface area contributed by atoms with Gasteiger partial charge in [-0.3, -0.25) is 4.79 Å². The first kappa shape index (κ1) is 14.6. The van der Waals surface area contributed by atoms with Crippen molar-refractivity contribution in [2.75, 3.05) is 11.6 Å². The van der Waals surface area contributed by atoms with Crippen molar-refractivity contribution in [3.63, 3.8) is 0 Å². The average molecular weight is 289 g/mol. The van der Waals surface area contributed by atoms with Crippen molar-refractivity contribution in [3.05, 3.63) is 59.4 Å². The summed E-state index contributed by atoms with van der Waals surface area (Å²) in [4.78, 5) is 12.7. The van der Waals surface area contributed by atoms with Crippen molar-refractivity contribution >= 4 is 23.2 Å². The molecule has 0 bridgehead atoms. The lowest BCUT2D eigenvalue weighted by Gasteiger charge is -2.11. The molecular formula is C16H16FNOS. The van der Waals surface area contributed by atoms with E-state index in [4.69, 9.17) is 0 Å². The minimum absolute atomic E-state index is 0.119.